The third kappa shape index (κ3) is 7.57. The molecule has 0 fully saturated rings. The van der Waals surface area contributed by atoms with Gasteiger partial charge >= 0.3 is 6.36 Å². The van der Waals surface area contributed by atoms with Crippen LogP contribution in [-0.4, -0.2) is 25.1 Å². The summed E-state index contributed by atoms with van der Waals surface area (Å²) >= 11 is 0. The van der Waals surface area contributed by atoms with Gasteiger partial charge in [0.15, 0.2) is 0 Å². The molecule has 2 aromatic rings. The van der Waals surface area contributed by atoms with Gasteiger partial charge in [-0.05, 0) is 35.2 Å². The lowest BCUT2D eigenvalue weighted by Gasteiger charge is -2.19. The average Bonchev–Trinajstić information content (AvgIpc) is 2.60. The predicted molar refractivity (Wildman–Crippen MR) is 93.8 cm³/mol. The Morgan fingerprint density at radius 3 is 2.44 bits per heavy atom. The van der Waals surface area contributed by atoms with Gasteiger partial charge in [0.2, 0.25) is 0 Å². The number of benzene rings is 2. The minimum atomic E-state index is -4.75. The molecular weight excluding hydrogens is 361 g/mol. The first-order valence-electron chi connectivity index (χ1n) is 8.13. The zero-order chi connectivity index (χ0) is 19.7. The van der Waals surface area contributed by atoms with Gasteiger partial charge in [-0.15, -0.1) is 13.2 Å². The molecule has 1 unspecified atom stereocenters. The zero-order valence-electron chi connectivity index (χ0n) is 14.3. The van der Waals surface area contributed by atoms with Crippen molar-refractivity contribution in [2.75, 3.05) is 6.61 Å². The Morgan fingerprint density at radius 2 is 1.78 bits per heavy atom. The van der Waals surface area contributed by atoms with E-state index < -0.39 is 18.4 Å². The lowest BCUT2D eigenvalue weighted by atomic mass is 10.0. The monoisotopic (exact) mass is 380 g/mol. The number of azide groups is 1. The van der Waals surface area contributed by atoms with Crippen molar-refractivity contribution in [3.63, 3.8) is 0 Å². The number of hydrogen-bond acceptors (Lipinski definition) is 4. The van der Waals surface area contributed by atoms with E-state index in [1.54, 1.807) is 6.07 Å². The molecule has 0 heterocycles. The average molecular weight is 380 g/mol. The van der Waals surface area contributed by atoms with Crippen LogP contribution < -0.4 is 10.5 Å². The van der Waals surface area contributed by atoms with Crippen LogP contribution in [0, 0.1) is 0 Å². The van der Waals surface area contributed by atoms with E-state index in [0.717, 1.165) is 5.56 Å². The number of rotatable bonds is 9. The van der Waals surface area contributed by atoms with Gasteiger partial charge in [0.05, 0.1) is 19.3 Å². The molecule has 0 aliphatic carbocycles. The Kier molecular flexibility index (Phi) is 7.48. The van der Waals surface area contributed by atoms with Crippen molar-refractivity contribution in [3.8, 4) is 5.75 Å². The number of nitrogens with two attached hydrogens (primary N) is 1. The van der Waals surface area contributed by atoms with Crippen molar-refractivity contribution < 1.29 is 22.6 Å². The predicted octanol–water partition coefficient (Wildman–Crippen LogP) is 4.35. The van der Waals surface area contributed by atoms with E-state index in [-0.39, 0.29) is 19.0 Å². The molecule has 0 aliphatic rings. The molecule has 0 saturated heterocycles. The van der Waals surface area contributed by atoms with Crippen LogP contribution in [-0.2, 0) is 17.8 Å². The molecule has 0 radical (unpaired) electrons. The van der Waals surface area contributed by atoms with Crippen LogP contribution in [0.25, 0.3) is 10.4 Å². The second-order valence-corrected chi connectivity index (χ2v) is 5.84. The largest absolute Gasteiger partial charge is 0.573 e. The maximum absolute atomic E-state index is 12.3. The topological polar surface area (TPSA) is 93.2 Å². The zero-order valence-corrected chi connectivity index (χ0v) is 14.3. The summed E-state index contributed by atoms with van der Waals surface area (Å²) in [5, 5.41) is 3.67. The molecule has 6 nitrogen and oxygen atoms in total. The summed E-state index contributed by atoms with van der Waals surface area (Å²) in [7, 11) is 0. The van der Waals surface area contributed by atoms with E-state index in [9.17, 15) is 13.2 Å². The Hall–Kier alpha value is -2.74. The maximum atomic E-state index is 12.3. The first-order valence-corrected chi connectivity index (χ1v) is 8.13. The Balaban J connectivity index is 1.90. The highest BCUT2D eigenvalue weighted by Gasteiger charge is 2.31. The van der Waals surface area contributed by atoms with Crippen LogP contribution in [0.5, 0.6) is 5.75 Å². The summed E-state index contributed by atoms with van der Waals surface area (Å²) in [6.45, 7) is 0.0764. The summed E-state index contributed by atoms with van der Waals surface area (Å²) in [6.07, 6.45) is -4.25. The molecule has 0 amide bonds. The molecule has 2 rings (SSSR count). The summed E-state index contributed by atoms with van der Waals surface area (Å²) < 4.78 is 46.2. The number of halogens is 3. The van der Waals surface area contributed by atoms with Gasteiger partial charge in [0.1, 0.15) is 5.75 Å². The van der Waals surface area contributed by atoms with Crippen molar-refractivity contribution in [2.24, 2.45) is 10.8 Å². The summed E-state index contributed by atoms with van der Waals surface area (Å²) in [5.74, 6) is -0.323. The van der Waals surface area contributed by atoms with Crippen LogP contribution >= 0.6 is 0 Å². The standard InChI is InChI=1S/C18H19F3N4O2/c19-18(20,21)27-15-8-4-7-14(9-15)11-26-12-17(24-25-23)16(22)10-13-5-2-1-3-6-13/h1-9,16-17H,10-12,22H2/t16?,17-/m0/s1. The van der Waals surface area contributed by atoms with Gasteiger partial charge in [-0.2, -0.15) is 0 Å². The Morgan fingerprint density at radius 1 is 1.07 bits per heavy atom. The minimum absolute atomic E-state index is 0.0323. The lowest BCUT2D eigenvalue weighted by molar-refractivity contribution is -0.274. The first-order chi connectivity index (χ1) is 12.9. The van der Waals surface area contributed by atoms with Crippen LogP contribution in [0.3, 0.4) is 0 Å². The number of alkyl halides is 3. The fourth-order valence-corrected chi connectivity index (χ4v) is 2.46. The van der Waals surface area contributed by atoms with Crippen LogP contribution in [0.1, 0.15) is 11.1 Å². The second kappa shape index (κ2) is 9.82. The van der Waals surface area contributed by atoms with Crippen molar-refractivity contribution in [1.29, 1.82) is 0 Å². The van der Waals surface area contributed by atoms with E-state index >= 15 is 0 Å². The lowest BCUT2D eigenvalue weighted by Crippen LogP contribution is -2.38. The SMILES string of the molecule is [N-]=[N+]=N[C@@H](COCc1cccc(OC(F)(F)F)c1)C(N)Cc1ccccc1. The molecule has 0 spiro atoms. The normalized spacial score (nSPS) is 13.5. The van der Waals surface area contributed by atoms with Gasteiger partial charge in [0, 0.05) is 11.0 Å². The van der Waals surface area contributed by atoms with Crippen LogP contribution in [0.2, 0.25) is 0 Å². The molecule has 0 saturated carbocycles. The van der Waals surface area contributed by atoms with Gasteiger partial charge in [-0.1, -0.05) is 47.6 Å². The molecule has 9 heteroatoms. The summed E-state index contributed by atoms with van der Waals surface area (Å²) in [5.41, 5.74) is 16.3. The van der Waals surface area contributed by atoms with Crippen molar-refractivity contribution >= 4 is 0 Å². The molecule has 0 aliphatic heterocycles. The number of hydrogen-bond donors (Lipinski definition) is 1. The third-order valence-corrected chi connectivity index (χ3v) is 3.70. The third-order valence-electron chi connectivity index (χ3n) is 3.70. The summed E-state index contributed by atoms with van der Waals surface area (Å²) in [6, 6.07) is 13.9. The minimum Gasteiger partial charge on any atom is -0.406 e. The number of ether oxygens (including phenoxy) is 2. The highest BCUT2D eigenvalue weighted by molar-refractivity contribution is 5.28. The fraction of sp³-hybridized carbons (Fsp3) is 0.333. The molecule has 2 atom stereocenters. The van der Waals surface area contributed by atoms with E-state index in [0.29, 0.717) is 12.0 Å². The van der Waals surface area contributed by atoms with Gasteiger partial charge in [-0.3, -0.25) is 0 Å². The molecule has 0 aromatic heterocycles. The molecule has 2 aromatic carbocycles. The van der Waals surface area contributed by atoms with E-state index in [2.05, 4.69) is 14.8 Å². The van der Waals surface area contributed by atoms with Crippen molar-refractivity contribution in [3.05, 3.63) is 76.2 Å². The van der Waals surface area contributed by atoms with Gasteiger partial charge in [0.25, 0.3) is 0 Å². The van der Waals surface area contributed by atoms with E-state index in [1.165, 1.54) is 18.2 Å². The van der Waals surface area contributed by atoms with Crippen molar-refractivity contribution in [2.45, 2.75) is 31.5 Å². The Labute approximate surface area is 154 Å². The fourth-order valence-electron chi connectivity index (χ4n) is 2.46. The quantitative estimate of drug-likeness (QED) is 0.398. The molecule has 27 heavy (non-hydrogen) atoms. The number of nitrogens with zero attached hydrogens (tertiary/aromatic N) is 3. The highest BCUT2D eigenvalue weighted by atomic mass is 19.4. The van der Waals surface area contributed by atoms with Crippen LogP contribution in [0.4, 0.5) is 13.2 Å². The first kappa shape index (κ1) is 20.6. The molecular formula is C18H19F3N4O2. The molecule has 144 valence electrons. The van der Waals surface area contributed by atoms with Gasteiger partial charge in [-0.25, -0.2) is 0 Å². The van der Waals surface area contributed by atoms with Gasteiger partial charge < -0.3 is 15.2 Å². The summed E-state index contributed by atoms with van der Waals surface area (Å²) in [4.78, 5) is 2.80. The van der Waals surface area contributed by atoms with E-state index in [1.807, 2.05) is 30.3 Å². The smallest absolute Gasteiger partial charge is 0.406 e. The second-order valence-electron chi connectivity index (χ2n) is 5.84. The molecule has 0 bridgehead atoms. The van der Waals surface area contributed by atoms with Crippen LogP contribution in [0.15, 0.2) is 59.7 Å². The molecule has 2 N–H and O–H groups in total. The Bertz CT molecular complexity index is 765. The highest BCUT2D eigenvalue weighted by Crippen LogP contribution is 2.23. The van der Waals surface area contributed by atoms with Crippen molar-refractivity contribution in [1.82, 2.24) is 0 Å². The maximum Gasteiger partial charge on any atom is 0.573 e. The van der Waals surface area contributed by atoms with E-state index in [4.69, 9.17) is 16.0 Å².